The highest BCUT2D eigenvalue weighted by molar-refractivity contribution is 6.18. The number of anilines is 2. The minimum absolute atomic E-state index is 0.197. The zero-order chi connectivity index (χ0) is 14.7. The Morgan fingerprint density at radius 3 is 2.19 bits per heavy atom. The normalized spacial score (nSPS) is 23.5. The zero-order valence-electron chi connectivity index (χ0n) is 12.4. The van der Waals surface area contributed by atoms with Crippen LogP contribution in [0.15, 0.2) is 24.3 Å². The van der Waals surface area contributed by atoms with Gasteiger partial charge in [-0.05, 0) is 43.0 Å². The van der Waals surface area contributed by atoms with Gasteiger partial charge in [-0.15, -0.1) is 11.6 Å². The lowest BCUT2D eigenvalue weighted by Crippen LogP contribution is -2.26. The molecule has 0 radical (unpaired) electrons. The molecule has 4 heteroatoms. The molecule has 0 N–H and O–H groups in total. The van der Waals surface area contributed by atoms with Crippen molar-refractivity contribution in [2.75, 3.05) is 35.3 Å². The molecule has 3 nitrogen and oxygen atoms in total. The number of amides is 1. The maximum atomic E-state index is 12.0. The van der Waals surface area contributed by atoms with E-state index in [1.165, 1.54) is 31.4 Å². The highest BCUT2D eigenvalue weighted by Crippen LogP contribution is 2.28. The average Bonchev–Trinajstić information content (AvgIpc) is 2.73. The molecule has 1 atom stereocenters. The third kappa shape index (κ3) is 3.34. The lowest BCUT2D eigenvalue weighted by Gasteiger charge is -2.24. The van der Waals surface area contributed by atoms with Crippen LogP contribution in [0.5, 0.6) is 0 Å². The van der Waals surface area contributed by atoms with Crippen molar-refractivity contribution in [1.29, 1.82) is 0 Å². The Kier molecular flexibility index (Phi) is 4.69. The van der Waals surface area contributed by atoms with Crippen LogP contribution in [-0.4, -0.2) is 31.4 Å². The molecule has 2 aliphatic rings. The molecular weight excluding hydrogens is 284 g/mol. The molecule has 1 aromatic rings. The molecule has 114 valence electrons. The quantitative estimate of drug-likeness (QED) is 0.796. The van der Waals surface area contributed by atoms with Gasteiger partial charge in [0, 0.05) is 43.3 Å². The second kappa shape index (κ2) is 6.69. The Morgan fingerprint density at radius 2 is 1.62 bits per heavy atom. The molecule has 2 fully saturated rings. The summed E-state index contributed by atoms with van der Waals surface area (Å²) in [5.74, 6) is 1.06. The van der Waals surface area contributed by atoms with E-state index in [9.17, 15) is 4.79 Å². The fourth-order valence-corrected chi connectivity index (χ4v) is 3.51. The number of alkyl halides is 1. The molecule has 2 heterocycles. The summed E-state index contributed by atoms with van der Waals surface area (Å²) in [5, 5.41) is 0. The molecule has 2 aliphatic heterocycles. The van der Waals surface area contributed by atoms with E-state index < -0.39 is 0 Å². The third-order valence-corrected chi connectivity index (χ3v) is 4.99. The minimum atomic E-state index is 0.197. The van der Waals surface area contributed by atoms with Crippen molar-refractivity contribution in [2.24, 2.45) is 5.92 Å². The van der Waals surface area contributed by atoms with Crippen molar-refractivity contribution in [3.05, 3.63) is 24.3 Å². The maximum absolute atomic E-state index is 12.0. The van der Waals surface area contributed by atoms with Gasteiger partial charge in [0.2, 0.25) is 5.91 Å². The predicted molar refractivity (Wildman–Crippen MR) is 88.3 cm³/mol. The Balaban J connectivity index is 1.70. The average molecular weight is 307 g/mol. The zero-order valence-corrected chi connectivity index (χ0v) is 13.2. The molecule has 21 heavy (non-hydrogen) atoms. The summed E-state index contributed by atoms with van der Waals surface area (Å²) >= 11 is 5.88. The molecule has 0 saturated carbocycles. The van der Waals surface area contributed by atoms with Crippen molar-refractivity contribution in [3.8, 4) is 0 Å². The van der Waals surface area contributed by atoms with Gasteiger partial charge in [0.25, 0.3) is 0 Å². The van der Waals surface area contributed by atoms with Gasteiger partial charge in [-0.2, -0.15) is 0 Å². The molecule has 2 saturated heterocycles. The van der Waals surface area contributed by atoms with E-state index in [2.05, 4.69) is 29.2 Å². The van der Waals surface area contributed by atoms with Crippen molar-refractivity contribution in [1.82, 2.24) is 0 Å². The lowest BCUT2D eigenvalue weighted by molar-refractivity contribution is -0.117. The first kappa shape index (κ1) is 14.7. The van der Waals surface area contributed by atoms with Gasteiger partial charge in [0.15, 0.2) is 0 Å². The predicted octanol–water partition coefficient (Wildman–Crippen LogP) is 3.66. The van der Waals surface area contributed by atoms with Crippen LogP contribution in [-0.2, 0) is 4.79 Å². The number of carbonyl (C=O) groups is 1. The summed E-state index contributed by atoms with van der Waals surface area (Å²) < 4.78 is 0. The summed E-state index contributed by atoms with van der Waals surface area (Å²) in [6.07, 6.45) is 5.83. The summed E-state index contributed by atoms with van der Waals surface area (Å²) in [5.41, 5.74) is 2.28. The molecule has 1 unspecified atom stereocenters. The summed E-state index contributed by atoms with van der Waals surface area (Å²) in [7, 11) is 0. The number of carbonyl (C=O) groups excluding carboxylic acids is 1. The van der Waals surface area contributed by atoms with Gasteiger partial charge in [-0.25, -0.2) is 0 Å². The Morgan fingerprint density at radius 1 is 1.00 bits per heavy atom. The van der Waals surface area contributed by atoms with E-state index in [1.807, 2.05) is 4.90 Å². The molecule has 1 aromatic carbocycles. The third-order valence-electron chi connectivity index (χ3n) is 4.56. The van der Waals surface area contributed by atoms with Gasteiger partial charge in [0.1, 0.15) is 0 Å². The van der Waals surface area contributed by atoms with Crippen LogP contribution in [0.4, 0.5) is 11.4 Å². The van der Waals surface area contributed by atoms with Crippen molar-refractivity contribution in [2.45, 2.75) is 32.1 Å². The lowest BCUT2D eigenvalue weighted by atomic mass is 10.1. The fourth-order valence-electron chi connectivity index (χ4n) is 3.31. The van der Waals surface area contributed by atoms with Crippen LogP contribution in [0, 0.1) is 5.92 Å². The molecule has 0 spiro atoms. The first-order valence-corrected chi connectivity index (χ1v) is 8.53. The van der Waals surface area contributed by atoms with Crippen molar-refractivity contribution >= 4 is 28.9 Å². The number of hydrogen-bond acceptors (Lipinski definition) is 2. The number of hydrogen-bond donors (Lipinski definition) is 0. The van der Waals surface area contributed by atoms with Crippen LogP contribution >= 0.6 is 11.6 Å². The first-order chi connectivity index (χ1) is 10.3. The number of rotatable bonds is 3. The Hall–Kier alpha value is -1.22. The van der Waals surface area contributed by atoms with E-state index in [4.69, 9.17) is 11.6 Å². The van der Waals surface area contributed by atoms with Gasteiger partial charge in [0.05, 0.1) is 0 Å². The Bertz CT molecular complexity index is 480. The number of nitrogens with zero attached hydrogens (tertiary/aromatic N) is 2. The van der Waals surface area contributed by atoms with E-state index in [0.29, 0.717) is 18.2 Å². The topological polar surface area (TPSA) is 23.6 Å². The molecule has 0 bridgehead atoms. The van der Waals surface area contributed by atoms with Gasteiger partial charge in [-0.1, -0.05) is 12.8 Å². The molecular formula is C17H23ClN2O. The molecule has 1 amide bonds. The second-order valence-electron chi connectivity index (χ2n) is 6.15. The van der Waals surface area contributed by atoms with Crippen LogP contribution in [0.2, 0.25) is 0 Å². The van der Waals surface area contributed by atoms with Crippen LogP contribution in [0.1, 0.15) is 32.1 Å². The second-order valence-corrected chi connectivity index (χ2v) is 6.46. The summed E-state index contributed by atoms with van der Waals surface area (Å²) in [6, 6.07) is 8.47. The highest BCUT2D eigenvalue weighted by atomic mass is 35.5. The number of halogens is 1. The smallest absolute Gasteiger partial charge is 0.227 e. The SMILES string of the molecule is O=C1CC(CCl)CN1c1ccc(N2CCCCCC2)cc1. The number of benzene rings is 1. The van der Waals surface area contributed by atoms with Gasteiger partial charge in [-0.3, -0.25) is 4.79 Å². The summed E-state index contributed by atoms with van der Waals surface area (Å²) in [6.45, 7) is 3.05. The van der Waals surface area contributed by atoms with E-state index in [0.717, 1.165) is 25.3 Å². The van der Waals surface area contributed by atoms with Crippen LogP contribution in [0.25, 0.3) is 0 Å². The fraction of sp³-hybridized carbons (Fsp3) is 0.588. The first-order valence-electron chi connectivity index (χ1n) is 7.99. The van der Waals surface area contributed by atoms with Gasteiger partial charge < -0.3 is 9.80 Å². The monoisotopic (exact) mass is 306 g/mol. The van der Waals surface area contributed by atoms with Crippen LogP contribution < -0.4 is 9.80 Å². The van der Waals surface area contributed by atoms with Gasteiger partial charge >= 0.3 is 0 Å². The van der Waals surface area contributed by atoms with Crippen LogP contribution in [0.3, 0.4) is 0 Å². The van der Waals surface area contributed by atoms with E-state index >= 15 is 0 Å². The standard InChI is InChI=1S/C17H23ClN2O/c18-12-14-11-17(21)20(13-14)16-7-5-15(6-8-16)19-9-3-1-2-4-10-19/h5-8,14H,1-4,9-13H2. The minimum Gasteiger partial charge on any atom is -0.372 e. The van der Waals surface area contributed by atoms with E-state index in [1.54, 1.807) is 0 Å². The van der Waals surface area contributed by atoms with E-state index in [-0.39, 0.29) is 5.91 Å². The van der Waals surface area contributed by atoms with Crippen molar-refractivity contribution in [3.63, 3.8) is 0 Å². The molecule has 3 rings (SSSR count). The Labute approximate surface area is 131 Å². The van der Waals surface area contributed by atoms with Crippen molar-refractivity contribution < 1.29 is 4.79 Å². The molecule has 0 aliphatic carbocycles. The molecule has 0 aromatic heterocycles. The highest BCUT2D eigenvalue weighted by Gasteiger charge is 2.29. The maximum Gasteiger partial charge on any atom is 0.227 e. The summed E-state index contributed by atoms with van der Waals surface area (Å²) in [4.78, 5) is 16.4. The largest absolute Gasteiger partial charge is 0.372 e.